The number of hydrogen-bond donors (Lipinski definition) is 0. The summed E-state index contributed by atoms with van der Waals surface area (Å²) in [6.45, 7) is 4.17. The molecule has 0 aliphatic carbocycles. The average Bonchev–Trinajstić information content (AvgIpc) is 2.31. The summed E-state index contributed by atoms with van der Waals surface area (Å²) in [5.74, 6) is 3.61. The molecule has 1 atom stereocenters. The third-order valence-electron chi connectivity index (χ3n) is 2.65. The number of hydrogen-bond acceptors (Lipinski definition) is 1. The standard InChI is InChI=1S/C15H20O/c1-4-6-10-13-15(3,5-2)16-14-11-8-7-9-12-14/h2,7-9,11-12H,4,6,10,13H2,1,3H3. The van der Waals surface area contributed by atoms with Crippen molar-refractivity contribution < 1.29 is 4.74 Å². The first-order chi connectivity index (χ1) is 7.70. The maximum Gasteiger partial charge on any atom is 0.166 e. The molecule has 0 aromatic heterocycles. The van der Waals surface area contributed by atoms with Gasteiger partial charge in [-0.3, -0.25) is 0 Å². The summed E-state index contributed by atoms with van der Waals surface area (Å²) in [6, 6.07) is 9.76. The van der Waals surface area contributed by atoms with Gasteiger partial charge in [-0.2, -0.15) is 0 Å². The van der Waals surface area contributed by atoms with Crippen molar-refractivity contribution >= 4 is 0 Å². The lowest BCUT2D eigenvalue weighted by atomic mass is 9.99. The molecule has 0 aliphatic rings. The minimum atomic E-state index is -0.476. The van der Waals surface area contributed by atoms with Crippen molar-refractivity contribution in [3.63, 3.8) is 0 Å². The second-order valence-corrected chi connectivity index (χ2v) is 4.25. The van der Waals surface area contributed by atoms with Crippen LogP contribution in [0.2, 0.25) is 0 Å². The Balaban J connectivity index is 2.57. The van der Waals surface area contributed by atoms with E-state index in [1.165, 1.54) is 12.8 Å². The van der Waals surface area contributed by atoms with Crippen LogP contribution in [0.25, 0.3) is 0 Å². The predicted molar refractivity (Wildman–Crippen MR) is 68.5 cm³/mol. The Hall–Kier alpha value is -1.42. The van der Waals surface area contributed by atoms with E-state index in [1.54, 1.807) is 0 Å². The van der Waals surface area contributed by atoms with E-state index in [4.69, 9.17) is 11.2 Å². The van der Waals surface area contributed by atoms with Gasteiger partial charge in [0.1, 0.15) is 5.75 Å². The van der Waals surface area contributed by atoms with Gasteiger partial charge in [0, 0.05) is 0 Å². The van der Waals surface area contributed by atoms with E-state index in [-0.39, 0.29) is 0 Å². The third kappa shape index (κ3) is 3.98. The van der Waals surface area contributed by atoms with Crippen LogP contribution >= 0.6 is 0 Å². The lowest BCUT2D eigenvalue weighted by Crippen LogP contribution is -2.30. The molecule has 0 amide bonds. The molecule has 0 N–H and O–H groups in total. The van der Waals surface area contributed by atoms with Crippen LogP contribution in [0.4, 0.5) is 0 Å². The molecule has 0 spiro atoms. The quantitative estimate of drug-likeness (QED) is 0.515. The predicted octanol–water partition coefficient (Wildman–Crippen LogP) is 4.04. The smallest absolute Gasteiger partial charge is 0.166 e. The molecule has 0 saturated heterocycles. The number of rotatable bonds is 6. The number of terminal acetylenes is 1. The van der Waals surface area contributed by atoms with Crippen LogP contribution in [0.5, 0.6) is 5.75 Å². The Bertz CT molecular complexity index is 336. The fourth-order valence-corrected chi connectivity index (χ4v) is 1.61. The summed E-state index contributed by atoms with van der Waals surface area (Å²) in [7, 11) is 0. The molecule has 1 rings (SSSR count). The van der Waals surface area contributed by atoms with Crippen molar-refractivity contribution in [1.29, 1.82) is 0 Å². The van der Waals surface area contributed by atoms with Gasteiger partial charge in [0.2, 0.25) is 0 Å². The summed E-state index contributed by atoms with van der Waals surface area (Å²) in [6.07, 6.45) is 9.99. The molecule has 0 fully saturated rings. The van der Waals surface area contributed by atoms with Gasteiger partial charge in [0.05, 0.1) is 0 Å². The van der Waals surface area contributed by atoms with Gasteiger partial charge >= 0.3 is 0 Å². The number of unbranched alkanes of at least 4 members (excludes halogenated alkanes) is 2. The van der Waals surface area contributed by atoms with Crippen molar-refractivity contribution in [2.75, 3.05) is 0 Å². The van der Waals surface area contributed by atoms with Crippen molar-refractivity contribution in [2.24, 2.45) is 0 Å². The largest absolute Gasteiger partial charge is 0.475 e. The highest BCUT2D eigenvalue weighted by molar-refractivity contribution is 5.24. The maximum absolute atomic E-state index is 5.86. The Morgan fingerprint density at radius 2 is 1.94 bits per heavy atom. The molecule has 0 heterocycles. The Morgan fingerprint density at radius 1 is 1.25 bits per heavy atom. The van der Waals surface area contributed by atoms with Crippen molar-refractivity contribution in [1.82, 2.24) is 0 Å². The van der Waals surface area contributed by atoms with Crippen LogP contribution in [-0.4, -0.2) is 5.60 Å². The van der Waals surface area contributed by atoms with Crippen LogP contribution in [-0.2, 0) is 0 Å². The fraction of sp³-hybridized carbons (Fsp3) is 0.467. The zero-order valence-corrected chi connectivity index (χ0v) is 10.2. The van der Waals surface area contributed by atoms with E-state index in [0.29, 0.717) is 0 Å². The topological polar surface area (TPSA) is 9.23 Å². The number of benzene rings is 1. The van der Waals surface area contributed by atoms with Crippen LogP contribution in [0, 0.1) is 12.3 Å². The van der Waals surface area contributed by atoms with Crippen LogP contribution < -0.4 is 4.74 Å². The Labute approximate surface area is 98.8 Å². The first-order valence-electron chi connectivity index (χ1n) is 5.92. The van der Waals surface area contributed by atoms with E-state index in [9.17, 15) is 0 Å². The van der Waals surface area contributed by atoms with Crippen LogP contribution in [0.1, 0.15) is 39.5 Å². The van der Waals surface area contributed by atoms with E-state index in [1.807, 2.05) is 37.3 Å². The lowest BCUT2D eigenvalue weighted by Gasteiger charge is -2.25. The zero-order valence-electron chi connectivity index (χ0n) is 10.2. The van der Waals surface area contributed by atoms with Gasteiger partial charge in [-0.1, -0.05) is 43.9 Å². The molecule has 0 saturated carbocycles. The molecule has 0 radical (unpaired) electrons. The second kappa shape index (κ2) is 6.23. The average molecular weight is 216 g/mol. The monoisotopic (exact) mass is 216 g/mol. The van der Waals surface area contributed by atoms with Gasteiger partial charge in [0.25, 0.3) is 0 Å². The molecule has 1 nitrogen and oxygen atoms in total. The highest BCUT2D eigenvalue weighted by Crippen LogP contribution is 2.22. The summed E-state index contributed by atoms with van der Waals surface area (Å²) < 4.78 is 5.86. The van der Waals surface area contributed by atoms with Gasteiger partial charge in [-0.05, 0) is 31.9 Å². The molecule has 1 aromatic carbocycles. The van der Waals surface area contributed by atoms with Crippen LogP contribution in [0.3, 0.4) is 0 Å². The zero-order chi connectivity index (χ0) is 11.9. The highest BCUT2D eigenvalue weighted by atomic mass is 16.5. The van der Waals surface area contributed by atoms with Gasteiger partial charge in [0.15, 0.2) is 5.60 Å². The van der Waals surface area contributed by atoms with E-state index >= 15 is 0 Å². The van der Waals surface area contributed by atoms with Gasteiger partial charge in [-0.15, -0.1) is 6.42 Å². The van der Waals surface area contributed by atoms with E-state index < -0.39 is 5.60 Å². The molecular formula is C15H20O. The number of para-hydroxylation sites is 1. The first kappa shape index (κ1) is 12.6. The van der Waals surface area contributed by atoms with Crippen molar-refractivity contribution in [3.8, 4) is 18.1 Å². The van der Waals surface area contributed by atoms with E-state index in [0.717, 1.165) is 18.6 Å². The molecule has 0 aliphatic heterocycles. The number of ether oxygens (including phenoxy) is 1. The normalized spacial score (nSPS) is 13.8. The summed E-state index contributed by atoms with van der Waals surface area (Å²) >= 11 is 0. The van der Waals surface area contributed by atoms with Crippen molar-refractivity contribution in [2.45, 2.75) is 45.1 Å². The third-order valence-corrected chi connectivity index (χ3v) is 2.65. The SMILES string of the molecule is C#CC(C)(CCCCC)Oc1ccccc1. The second-order valence-electron chi connectivity index (χ2n) is 4.25. The molecular weight excluding hydrogens is 196 g/mol. The Kier molecular flexibility index (Phi) is 4.92. The van der Waals surface area contributed by atoms with Gasteiger partial charge in [-0.25, -0.2) is 0 Å². The first-order valence-corrected chi connectivity index (χ1v) is 5.92. The minimum absolute atomic E-state index is 0.476. The van der Waals surface area contributed by atoms with Crippen molar-refractivity contribution in [3.05, 3.63) is 30.3 Å². The molecule has 16 heavy (non-hydrogen) atoms. The molecule has 1 aromatic rings. The highest BCUT2D eigenvalue weighted by Gasteiger charge is 2.22. The molecule has 1 unspecified atom stereocenters. The molecule has 86 valence electrons. The summed E-state index contributed by atoms with van der Waals surface area (Å²) in [5, 5.41) is 0. The molecule has 1 heteroatoms. The summed E-state index contributed by atoms with van der Waals surface area (Å²) in [5.41, 5.74) is -0.476. The van der Waals surface area contributed by atoms with Crippen LogP contribution in [0.15, 0.2) is 30.3 Å². The van der Waals surface area contributed by atoms with E-state index in [2.05, 4.69) is 12.8 Å². The van der Waals surface area contributed by atoms with Gasteiger partial charge < -0.3 is 4.74 Å². The maximum atomic E-state index is 5.86. The fourth-order valence-electron chi connectivity index (χ4n) is 1.61. The summed E-state index contributed by atoms with van der Waals surface area (Å²) in [4.78, 5) is 0. The minimum Gasteiger partial charge on any atom is -0.475 e. The molecule has 0 bridgehead atoms. The Morgan fingerprint density at radius 3 is 2.50 bits per heavy atom. The lowest BCUT2D eigenvalue weighted by molar-refractivity contribution is 0.137.